The van der Waals surface area contributed by atoms with Gasteiger partial charge in [-0.15, -0.1) is 0 Å². The average molecular weight is 313 g/mol. The van der Waals surface area contributed by atoms with Crippen LogP contribution in [0.2, 0.25) is 0 Å². The molecule has 2 aliphatic rings. The van der Waals surface area contributed by atoms with Crippen LogP contribution in [0.4, 0.5) is 5.69 Å². The van der Waals surface area contributed by atoms with Gasteiger partial charge in [0.05, 0.1) is 22.3 Å². The molecule has 1 aromatic rings. The van der Waals surface area contributed by atoms with E-state index < -0.39 is 15.4 Å². The topological polar surface area (TPSA) is 37.4 Å². The summed E-state index contributed by atoms with van der Waals surface area (Å²) in [6.45, 7) is 4.05. The number of hydrogen-bond donors (Lipinski definition) is 0. The molecule has 0 aromatic heterocycles. The van der Waals surface area contributed by atoms with Crippen LogP contribution < -0.4 is 4.90 Å². The maximum Gasteiger partial charge on any atom is 0.153 e. The van der Waals surface area contributed by atoms with Crippen LogP contribution >= 0.6 is 24.0 Å². The minimum atomic E-state index is -2.96. The van der Waals surface area contributed by atoms with Gasteiger partial charge in [0.1, 0.15) is 4.32 Å². The predicted molar refractivity (Wildman–Crippen MR) is 84.7 cm³/mol. The molecule has 102 valence electrons. The second-order valence-corrected chi connectivity index (χ2v) is 9.35. The molecule has 0 unspecified atom stereocenters. The third-order valence-corrected chi connectivity index (χ3v) is 7.79. The van der Waals surface area contributed by atoms with E-state index in [9.17, 15) is 8.42 Å². The van der Waals surface area contributed by atoms with Gasteiger partial charge in [0.25, 0.3) is 0 Å². The van der Waals surface area contributed by atoms with Gasteiger partial charge >= 0.3 is 0 Å². The van der Waals surface area contributed by atoms with Gasteiger partial charge in [0.15, 0.2) is 9.84 Å². The molecule has 2 heterocycles. The summed E-state index contributed by atoms with van der Waals surface area (Å²) >= 11 is 7.00. The Kier molecular flexibility index (Phi) is 2.96. The first-order chi connectivity index (χ1) is 8.83. The van der Waals surface area contributed by atoms with E-state index >= 15 is 0 Å². The summed E-state index contributed by atoms with van der Waals surface area (Å²) < 4.78 is 24.7. The molecule has 0 amide bonds. The molecule has 0 N–H and O–H groups in total. The molecule has 3 nitrogen and oxygen atoms in total. The molecule has 0 radical (unpaired) electrons. The Morgan fingerprint density at radius 2 is 2.11 bits per heavy atom. The first-order valence-corrected chi connectivity index (χ1v) is 9.21. The van der Waals surface area contributed by atoms with Gasteiger partial charge in [0.2, 0.25) is 0 Å². The maximum atomic E-state index is 11.9. The number of para-hydroxylation sites is 1. The number of sulfone groups is 1. The van der Waals surface area contributed by atoms with Crippen molar-refractivity contribution in [3.05, 3.63) is 29.8 Å². The largest absolute Gasteiger partial charge is 0.319 e. The fraction of sp³-hybridized carbons (Fsp3) is 0.462. The highest BCUT2D eigenvalue weighted by atomic mass is 32.2. The van der Waals surface area contributed by atoms with E-state index in [-0.39, 0.29) is 16.8 Å². The van der Waals surface area contributed by atoms with E-state index in [0.29, 0.717) is 0 Å². The van der Waals surface area contributed by atoms with E-state index in [1.807, 2.05) is 38.1 Å². The van der Waals surface area contributed by atoms with Gasteiger partial charge in [-0.3, -0.25) is 0 Å². The van der Waals surface area contributed by atoms with Crippen LogP contribution in [0.15, 0.2) is 24.3 Å². The van der Waals surface area contributed by atoms with Crippen molar-refractivity contribution in [3.8, 4) is 0 Å². The molecule has 0 saturated carbocycles. The Labute approximate surface area is 123 Å². The summed E-state index contributed by atoms with van der Waals surface area (Å²) in [6.07, 6.45) is 0. The number of rotatable bonds is 1. The van der Waals surface area contributed by atoms with Gasteiger partial charge in [-0.2, -0.15) is 0 Å². The molecule has 3 rings (SSSR count). The van der Waals surface area contributed by atoms with Crippen LogP contribution in [0, 0.1) is 6.92 Å². The maximum absolute atomic E-state index is 11.9. The zero-order valence-electron chi connectivity index (χ0n) is 10.8. The SMILES string of the molecule is Cc1ccccc1N1C(=S)S[C@@H]2CS(=O)(=O)C[C@@]21C. The van der Waals surface area contributed by atoms with Gasteiger partial charge < -0.3 is 4.90 Å². The highest BCUT2D eigenvalue weighted by molar-refractivity contribution is 8.24. The summed E-state index contributed by atoms with van der Waals surface area (Å²) in [5.41, 5.74) is 1.74. The molecule has 19 heavy (non-hydrogen) atoms. The smallest absolute Gasteiger partial charge is 0.153 e. The average Bonchev–Trinajstić information content (AvgIpc) is 2.64. The zero-order valence-corrected chi connectivity index (χ0v) is 13.2. The lowest BCUT2D eigenvalue weighted by Gasteiger charge is -2.35. The second kappa shape index (κ2) is 4.20. The molecule has 2 fully saturated rings. The van der Waals surface area contributed by atoms with Gasteiger partial charge in [-0.25, -0.2) is 8.42 Å². The number of thiocarbonyl (C=S) groups is 1. The number of nitrogens with zero attached hydrogens (tertiary/aromatic N) is 1. The van der Waals surface area contributed by atoms with Crippen LogP contribution in [-0.4, -0.2) is 35.0 Å². The summed E-state index contributed by atoms with van der Waals surface area (Å²) in [5.74, 6) is 0.419. The number of hydrogen-bond acceptors (Lipinski definition) is 4. The fourth-order valence-electron chi connectivity index (χ4n) is 2.95. The lowest BCUT2D eigenvalue weighted by molar-refractivity contribution is 0.550. The second-order valence-electron chi connectivity index (χ2n) is 5.41. The first-order valence-electron chi connectivity index (χ1n) is 6.10. The van der Waals surface area contributed by atoms with Crippen molar-refractivity contribution in [1.82, 2.24) is 0 Å². The molecule has 1 aromatic carbocycles. The number of fused-ring (bicyclic) bond motifs is 1. The highest BCUT2D eigenvalue weighted by Crippen LogP contribution is 2.48. The molecule has 2 atom stereocenters. The Bertz CT molecular complexity index is 656. The van der Waals surface area contributed by atoms with E-state index in [1.165, 1.54) is 11.8 Å². The summed E-state index contributed by atoms with van der Waals surface area (Å²) in [7, 11) is -2.96. The third-order valence-electron chi connectivity index (χ3n) is 3.90. The van der Waals surface area contributed by atoms with Crippen molar-refractivity contribution < 1.29 is 8.42 Å². The molecule has 0 aliphatic carbocycles. The first kappa shape index (κ1) is 13.4. The van der Waals surface area contributed by atoms with Crippen molar-refractivity contribution in [2.24, 2.45) is 0 Å². The predicted octanol–water partition coefficient (Wildman–Crippen LogP) is 2.39. The monoisotopic (exact) mass is 313 g/mol. The zero-order chi connectivity index (χ0) is 13.8. The van der Waals surface area contributed by atoms with E-state index in [4.69, 9.17) is 12.2 Å². The Morgan fingerprint density at radius 3 is 2.79 bits per heavy atom. The number of benzene rings is 1. The lowest BCUT2D eigenvalue weighted by Crippen LogP contribution is -2.49. The van der Waals surface area contributed by atoms with Crippen molar-refractivity contribution in [2.45, 2.75) is 24.6 Å². The molecular formula is C13H15NO2S3. The Hall–Kier alpha value is -0.590. The molecule has 6 heteroatoms. The van der Waals surface area contributed by atoms with Crippen LogP contribution in [0.3, 0.4) is 0 Å². The van der Waals surface area contributed by atoms with Gasteiger partial charge in [-0.1, -0.05) is 42.2 Å². The number of aryl methyl sites for hydroxylation is 1. The van der Waals surface area contributed by atoms with Crippen molar-refractivity contribution in [3.63, 3.8) is 0 Å². The van der Waals surface area contributed by atoms with Gasteiger partial charge in [-0.05, 0) is 25.5 Å². The summed E-state index contributed by atoms with van der Waals surface area (Å²) in [4.78, 5) is 2.05. The molecule has 2 aliphatic heterocycles. The molecule has 0 spiro atoms. The van der Waals surface area contributed by atoms with Crippen molar-refractivity contribution >= 4 is 43.8 Å². The Morgan fingerprint density at radius 1 is 1.42 bits per heavy atom. The summed E-state index contributed by atoms with van der Waals surface area (Å²) in [6, 6.07) is 8.00. The molecular weight excluding hydrogens is 298 g/mol. The van der Waals surface area contributed by atoms with Crippen molar-refractivity contribution in [2.75, 3.05) is 16.4 Å². The quantitative estimate of drug-likeness (QED) is 0.744. The minimum absolute atomic E-state index is 0.0459. The van der Waals surface area contributed by atoms with E-state index in [2.05, 4.69) is 4.90 Å². The lowest BCUT2D eigenvalue weighted by atomic mass is 9.98. The number of anilines is 1. The Balaban J connectivity index is 2.11. The fourth-order valence-corrected chi connectivity index (χ4v) is 7.86. The van der Waals surface area contributed by atoms with Crippen LogP contribution in [0.25, 0.3) is 0 Å². The highest BCUT2D eigenvalue weighted by Gasteiger charge is 2.57. The van der Waals surface area contributed by atoms with E-state index in [1.54, 1.807) is 0 Å². The minimum Gasteiger partial charge on any atom is -0.319 e. The van der Waals surface area contributed by atoms with Crippen LogP contribution in [0.1, 0.15) is 12.5 Å². The summed E-state index contributed by atoms with van der Waals surface area (Å²) in [5, 5.41) is 0.0459. The molecule has 0 bridgehead atoms. The standard InChI is InChI=1S/C13H15NO2S3/c1-9-5-3-4-6-10(9)14-12(17)18-11-7-19(15,16)8-13(11,14)2/h3-6,11H,7-8H2,1-2H3/t11-,13+/m1/s1. The van der Waals surface area contributed by atoms with Crippen LogP contribution in [0.5, 0.6) is 0 Å². The van der Waals surface area contributed by atoms with E-state index in [0.717, 1.165) is 15.6 Å². The molecule has 2 saturated heterocycles. The normalized spacial score (nSPS) is 32.6. The van der Waals surface area contributed by atoms with Gasteiger partial charge in [0, 0.05) is 5.69 Å². The number of thioether (sulfide) groups is 1. The van der Waals surface area contributed by atoms with Crippen molar-refractivity contribution in [1.29, 1.82) is 0 Å². The third kappa shape index (κ3) is 2.00. The van der Waals surface area contributed by atoms with Crippen LogP contribution in [-0.2, 0) is 9.84 Å².